The van der Waals surface area contributed by atoms with Crippen molar-refractivity contribution >= 4 is 16.8 Å². The lowest BCUT2D eigenvalue weighted by Crippen LogP contribution is -2.26. The zero-order chi connectivity index (χ0) is 17.6. The van der Waals surface area contributed by atoms with E-state index in [0.29, 0.717) is 24.6 Å². The van der Waals surface area contributed by atoms with Gasteiger partial charge >= 0.3 is 0 Å². The SMILES string of the molecule is C[C@H](O)CCNC(=O)c1coc(COc2ccc3ncccc3c2)n1. The second-order valence-electron chi connectivity index (χ2n) is 5.67. The molecule has 3 rings (SSSR count). The van der Waals surface area contributed by atoms with Gasteiger partial charge in [0.2, 0.25) is 5.89 Å². The minimum atomic E-state index is -0.460. The van der Waals surface area contributed by atoms with Gasteiger partial charge in [0.1, 0.15) is 12.0 Å². The summed E-state index contributed by atoms with van der Waals surface area (Å²) in [7, 11) is 0. The van der Waals surface area contributed by atoms with Gasteiger partial charge in [0.05, 0.1) is 11.6 Å². The van der Waals surface area contributed by atoms with Crippen LogP contribution in [0, 0.1) is 0 Å². The van der Waals surface area contributed by atoms with E-state index in [9.17, 15) is 9.90 Å². The Morgan fingerprint density at radius 1 is 1.40 bits per heavy atom. The van der Waals surface area contributed by atoms with Gasteiger partial charge in [-0.1, -0.05) is 6.07 Å². The number of nitrogens with zero attached hydrogens (tertiary/aromatic N) is 2. The first kappa shape index (κ1) is 16.9. The van der Waals surface area contributed by atoms with Crippen molar-refractivity contribution in [2.75, 3.05) is 6.54 Å². The first-order chi connectivity index (χ1) is 12.1. The highest BCUT2D eigenvalue weighted by Crippen LogP contribution is 2.19. The highest BCUT2D eigenvalue weighted by Gasteiger charge is 2.12. The van der Waals surface area contributed by atoms with Crippen LogP contribution in [-0.2, 0) is 6.61 Å². The number of amides is 1. The molecule has 0 bridgehead atoms. The van der Waals surface area contributed by atoms with E-state index in [1.165, 1.54) is 6.26 Å². The fourth-order valence-electron chi connectivity index (χ4n) is 2.26. The summed E-state index contributed by atoms with van der Waals surface area (Å²) in [6.45, 7) is 2.16. The largest absolute Gasteiger partial charge is 0.484 e. The third-order valence-corrected chi connectivity index (χ3v) is 3.57. The lowest BCUT2D eigenvalue weighted by Gasteiger charge is -2.05. The van der Waals surface area contributed by atoms with Crippen LogP contribution in [0.1, 0.15) is 29.7 Å². The van der Waals surface area contributed by atoms with Crippen LogP contribution in [0.15, 0.2) is 47.2 Å². The third kappa shape index (κ3) is 4.54. The Morgan fingerprint density at radius 2 is 2.28 bits per heavy atom. The summed E-state index contributed by atoms with van der Waals surface area (Å²) >= 11 is 0. The van der Waals surface area contributed by atoms with Crippen LogP contribution in [0.2, 0.25) is 0 Å². The highest BCUT2D eigenvalue weighted by atomic mass is 16.5. The Hall–Kier alpha value is -2.93. The molecule has 0 radical (unpaired) electrons. The highest BCUT2D eigenvalue weighted by molar-refractivity contribution is 5.91. The van der Waals surface area contributed by atoms with Crippen molar-refractivity contribution in [3.05, 3.63) is 54.4 Å². The Bertz CT molecular complexity index is 860. The smallest absolute Gasteiger partial charge is 0.273 e. The number of rotatable bonds is 7. The van der Waals surface area contributed by atoms with Crippen LogP contribution in [0.4, 0.5) is 0 Å². The minimum Gasteiger partial charge on any atom is -0.484 e. The Morgan fingerprint density at radius 3 is 3.12 bits per heavy atom. The molecular formula is C18H19N3O4. The van der Waals surface area contributed by atoms with Gasteiger partial charge in [-0.15, -0.1) is 0 Å². The minimum absolute atomic E-state index is 0.118. The van der Waals surface area contributed by atoms with Crippen molar-refractivity contribution in [1.29, 1.82) is 0 Å². The number of hydrogen-bond donors (Lipinski definition) is 2. The second-order valence-corrected chi connectivity index (χ2v) is 5.67. The van der Waals surface area contributed by atoms with Crippen molar-refractivity contribution in [3.63, 3.8) is 0 Å². The van der Waals surface area contributed by atoms with Crippen LogP contribution >= 0.6 is 0 Å². The van der Waals surface area contributed by atoms with E-state index in [0.717, 1.165) is 10.9 Å². The number of pyridine rings is 1. The van der Waals surface area contributed by atoms with E-state index in [1.54, 1.807) is 13.1 Å². The van der Waals surface area contributed by atoms with Gasteiger partial charge < -0.3 is 19.6 Å². The van der Waals surface area contributed by atoms with Gasteiger partial charge in [0.15, 0.2) is 12.3 Å². The molecule has 0 saturated heterocycles. The van der Waals surface area contributed by atoms with Crippen molar-refractivity contribution < 1.29 is 19.1 Å². The summed E-state index contributed by atoms with van der Waals surface area (Å²) in [4.78, 5) is 20.3. The first-order valence-corrected chi connectivity index (χ1v) is 8.00. The standard InChI is InChI=1S/C18H19N3O4/c1-12(22)6-8-20-18(23)16-10-25-17(21-16)11-24-14-4-5-15-13(9-14)3-2-7-19-15/h2-5,7,9-10,12,22H,6,8,11H2,1H3,(H,20,23)/t12-/m0/s1. The molecular weight excluding hydrogens is 322 g/mol. The van der Waals surface area contributed by atoms with Crippen LogP contribution in [0.3, 0.4) is 0 Å². The number of fused-ring (bicyclic) bond motifs is 1. The average molecular weight is 341 g/mol. The summed E-state index contributed by atoms with van der Waals surface area (Å²) in [5, 5.41) is 12.8. The first-order valence-electron chi connectivity index (χ1n) is 8.00. The number of benzene rings is 1. The summed E-state index contributed by atoms with van der Waals surface area (Å²) in [6.07, 6.45) is 3.05. The van der Waals surface area contributed by atoms with Crippen LogP contribution in [0.25, 0.3) is 10.9 Å². The summed E-state index contributed by atoms with van der Waals surface area (Å²) < 4.78 is 10.9. The number of aromatic nitrogens is 2. The maximum Gasteiger partial charge on any atom is 0.273 e. The van der Waals surface area contributed by atoms with E-state index in [4.69, 9.17) is 9.15 Å². The molecule has 25 heavy (non-hydrogen) atoms. The van der Waals surface area contributed by atoms with Crippen LogP contribution < -0.4 is 10.1 Å². The van der Waals surface area contributed by atoms with Crippen molar-refractivity contribution in [3.8, 4) is 5.75 Å². The van der Waals surface area contributed by atoms with Gasteiger partial charge in [-0.05, 0) is 37.6 Å². The number of carbonyl (C=O) groups excluding carboxylic acids is 1. The fraction of sp³-hybridized carbons (Fsp3) is 0.278. The molecule has 0 fully saturated rings. The summed E-state index contributed by atoms with van der Waals surface area (Å²) in [5.74, 6) is 0.640. The molecule has 0 aliphatic rings. The van der Waals surface area contributed by atoms with E-state index in [-0.39, 0.29) is 18.2 Å². The topological polar surface area (TPSA) is 97.5 Å². The molecule has 0 unspecified atom stereocenters. The van der Waals surface area contributed by atoms with Crippen molar-refractivity contribution in [2.45, 2.75) is 26.1 Å². The number of aliphatic hydroxyl groups is 1. The monoisotopic (exact) mass is 341 g/mol. The molecule has 0 spiro atoms. The quantitative estimate of drug-likeness (QED) is 0.684. The van der Waals surface area contributed by atoms with Gasteiger partial charge in [0, 0.05) is 18.1 Å². The number of ether oxygens (including phenoxy) is 1. The maximum absolute atomic E-state index is 11.9. The molecule has 3 aromatic rings. The molecule has 130 valence electrons. The van der Waals surface area contributed by atoms with E-state index in [1.807, 2.05) is 30.3 Å². The van der Waals surface area contributed by atoms with Gasteiger partial charge in [-0.25, -0.2) is 4.98 Å². The number of oxazole rings is 1. The molecule has 0 saturated carbocycles. The fourth-order valence-corrected chi connectivity index (χ4v) is 2.26. The molecule has 2 aromatic heterocycles. The van der Waals surface area contributed by atoms with Crippen molar-refractivity contribution in [1.82, 2.24) is 15.3 Å². The molecule has 7 heteroatoms. The number of nitrogens with one attached hydrogen (secondary N) is 1. The third-order valence-electron chi connectivity index (χ3n) is 3.57. The van der Waals surface area contributed by atoms with Crippen LogP contribution in [-0.4, -0.2) is 33.6 Å². The predicted octanol–water partition coefficient (Wildman–Crippen LogP) is 2.30. The molecule has 1 amide bonds. The molecule has 2 N–H and O–H groups in total. The molecule has 1 aromatic carbocycles. The zero-order valence-electron chi connectivity index (χ0n) is 13.8. The summed E-state index contributed by atoms with van der Waals surface area (Å²) in [6, 6.07) is 9.40. The lowest BCUT2D eigenvalue weighted by atomic mass is 10.2. The normalized spacial score (nSPS) is 12.1. The lowest BCUT2D eigenvalue weighted by molar-refractivity contribution is 0.0940. The number of hydrogen-bond acceptors (Lipinski definition) is 6. The Balaban J connectivity index is 1.56. The predicted molar refractivity (Wildman–Crippen MR) is 91.2 cm³/mol. The van der Waals surface area contributed by atoms with E-state index < -0.39 is 6.10 Å². The summed E-state index contributed by atoms with van der Waals surface area (Å²) in [5.41, 5.74) is 1.08. The van der Waals surface area contributed by atoms with Gasteiger partial charge in [-0.2, -0.15) is 0 Å². The van der Waals surface area contributed by atoms with E-state index in [2.05, 4.69) is 15.3 Å². The maximum atomic E-state index is 11.9. The molecule has 7 nitrogen and oxygen atoms in total. The Kier molecular flexibility index (Phi) is 5.25. The van der Waals surface area contributed by atoms with Gasteiger partial charge in [-0.3, -0.25) is 9.78 Å². The average Bonchev–Trinajstić information content (AvgIpc) is 3.08. The van der Waals surface area contributed by atoms with Crippen LogP contribution in [0.5, 0.6) is 5.75 Å². The second kappa shape index (κ2) is 7.76. The Labute approximate surface area is 144 Å². The van der Waals surface area contributed by atoms with Gasteiger partial charge in [0.25, 0.3) is 5.91 Å². The van der Waals surface area contributed by atoms with Crippen molar-refractivity contribution in [2.24, 2.45) is 0 Å². The number of carbonyl (C=O) groups is 1. The molecule has 0 aliphatic carbocycles. The molecule has 0 aliphatic heterocycles. The van der Waals surface area contributed by atoms with E-state index >= 15 is 0 Å². The number of aliphatic hydroxyl groups excluding tert-OH is 1. The molecule has 1 atom stereocenters. The molecule has 2 heterocycles. The zero-order valence-corrected chi connectivity index (χ0v) is 13.8.